The number of ether oxygens (including phenoxy) is 2. The predicted molar refractivity (Wildman–Crippen MR) is 81.3 cm³/mol. The second kappa shape index (κ2) is 8.25. The summed E-state index contributed by atoms with van der Waals surface area (Å²) in [5.41, 5.74) is 2.55. The second-order valence-corrected chi connectivity index (χ2v) is 5.23. The highest BCUT2D eigenvalue weighted by Crippen LogP contribution is 2.21. The molecule has 0 atom stereocenters. The van der Waals surface area contributed by atoms with Crippen molar-refractivity contribution < 1.29 is 9.47 Å². The number of hydrogen-bond acceptors (Lipinski definition) is 4. The van der Waals surface area contributed by atoms with Crippen LogP contribution in [-0.4, -0.2) is 51.4 Å². The van der Waals surface area contributed by atoms with Crippen molar-refractivity contribution in [3.63, 3.8) is 0 Å². The van der Waals surface area contributed by atoms with Crippen LogP contribution in [0.3, 0.4) is 0 Å². The number of morpholine rings is 1. The molecule has 0 aliphatic carbocycles. The average molecular weight is 278 g/mol. The number of rotatable bonds is 7. The standard InChI is InChI=1S/C16H26N2O2/c1-14-15(13-17-2)5-3-6-16(14)20-10-4-7-18-8-11-19-12-9-18/h3,5-6,17H,4,7-13H2,1-2H3. The molecule has 0 unspecified atom stereocenters. The van der Waals surface area contributed by atoms with Crippen LogP contribution in [0.25, 0.3) is 0 Å². The van der Waals surface area contributed by atoms with Crippen LogP contribution in [0.4, 0.5) is 0 Å². The smallest absolute Gasteiger partial charge is 0.122 e. The van der Waals surface area contributed by atoms with Gasteiger partial charge < -0.3 is 14.8 Å². The molecule has 4 heteroatoms. The predicted octanol–water partition coefficient (Wildman–Crippen LogP) is 1.82. The van der Waals surface area contributed by atoms with Gasteiger partial charge in [-0.2, -0.15) is 0 Å². The van der Waals surface area contributed by atoms with E-state index in [2.05, 4.69) is 35.3 Å². The summed E-state index contributed by atoms with van der Waals surface area (Å²) in [5, 5.41) is 3.19. The molecule has 1 saturated heterocycles. The second-order valence-electron chi connectivity index (χ2n) is 5.23. The molecular formula is C16H26N2O2. The van der Waals surface area contributed by atoms with E-state index in [1.54, 1.807) is 0 Å². The van der Waals surface area contributed by atoms with Gasteiger partial charge in [-0.3, -0.25) is 4.90 Å². The Morgan fingerprint density at radius 3 is 2.85 bits per heavy atom. The molecular weight excluding hydrogens is 252 g/mol. The van der Waals surface area contributed by atoms with Gasteiger partial charge in [-0.1, -0.05) is 12.1 Å². The molecule has 0 amide bonds. The van der Waals surface area contributed by atoms with Crippen LogP contribution in [0.5, 0.6) is 5.75 Å². The Balaban J connectivity index is 1.74. The molecule has 4 nitrogen and oxygen atoms in total. The van der Waals surface area contributed by atoms with Gasteiger partial charge in [0, 0.05) is 26.2 Å². The summed E-state index contributed by atoms with van der Waals surface area (Å²) in [6.07, 6.45) is 1.07. The van der Waals surface area contributed by atoms with Crippen LogP contribution in [0, 0.1) is 6.92 Å². The Bertz CT molecular complexity index is 403. The van der Waals surface area contributed by atoms with E-state index < -0.39 is 0 Å². The molecule has 2 rings (SSSR count). The fraction of sp³-hybridized carbons (Fsp3) is 0.625. The molecule has 1 aliphatic rings. The molecule has 112 valence electrons. The van der Waals surface area contributed by atoms with Crippen molar-refractivity contribution in [3.05, 3.63) is 29.3 Å². The average Bonchev–Trinajstić information content (AvgIpc) is 2.48. The van der Waals surface area contributed by atoms with Gasteiger partial charge in [0.2, 0.25) is 0 Å². The fourth-order valence-electron chi connectivity index (χ4n) is 2.49. The molecule has 0 spiro atoms. The quantitative estimate of drug-likeness (QED) is 0.771. The van der Waals surface area contributed by atoms with Gasteiger partial charge in [-0.15, -0.1) is 0 Å². The van der Waals surface area contributed by atoms with Gasteiger partial charge in [0.05, 0.1) is 19.8 Å². The lowest BCUT2D eigenvalue weighted by molar-refractivity contribution is 0.0358. The van der Waals surface area contributed by atoms with Gasteiger partial charge >= 0.3 is 0 Å². The third-order valence-electron chi connectivity index (χ3n) is 3.74. The van der Waals surface area contributed by atoms with E-state index in [1.165, 1.54) is 11.1 Å². The van der Waals surface area contributed by atoms with Crippen molar-refractivity contribution in [1.29, 1.82) is 0 Å². The molecule has 1 aromatic rings. The summed E-state index contributed by atoms with van der Waals surface area (Å²) in [5.74, 6) is 1.01. The molecule has 1 aromatic carbocycles. The topological polar surface area (TPSA) is 33.7 Å². The molecule has 1 aliphatic heterocycles. The third kappa shape index (κ3) is 4.47. The van der Waals surface area contributed by atoms with Gasteiger partial charge in [-0.25, -0.2) is 0 Å². The largest absolute Gasteiger partial charge is 0.493 e. The summed E-state index contributed by atoms with van der Waals surface area (Å²) in [6.45, 7) is 8.73. The summed E-state index contributed by atoms with van der Waals surface area (Å²) in [6, 6.07) is 6.27. The molecule has 1 fully saturated rings. The third-order valence-corrected chi connectivity index (χ3v) is 3.74. The van der Waals surface area contributed by atoms with Crippen molar-refractivity contribution in [2.45, 2.75) is 19.9 Å². The Morgan fingerprint density at radius 2 is 2.10 bits per heavy atom. The van der Waals surface area contributed by atoms with Crippen molar-refractivity contribution in [2.75, 3.05) is 46.5 Å². The van der Waals surface area contributed by atoms with Crippen LogP contribution in [0.1, 0.15) is 17.5 Å². The van der Waals surface area contributed by atoms with Crippen molar-refractivity contribution in [1.82, 2.24) is 10.2 Å². The molecule has 20 heavy (non-hydrogen) atoms. The molecule has 0 radical (unpaired) electrons. The van der Waals surface area contributed by atoms with Gasteiger partial charge in [0.15, 0.2) is 0 Å². The number of hydrogen-bond donors (Lipinski definition) is 1. The maximum Gasteiger partial charge on any atom is 0.122 e. The van der Waals surface area contributed by atoms with Crippen molar-refractivity contribution in [2.24, 2.45) is 0 Å². The first-order valence-electron chi connectivity index (χ1n) is 7.47. The van der Waals surface area contributed by atoms with E-state index in [0.717, 1.165) is 58.2 Å². The van der Waals surface area contributed by atoms with Crippen LogP contribution >= 0.6 is 0 Å². The zero-order chi connectivity index (χ0) is 14.2. The van der Waals surface area contributed by atoms with E-state index in [0.29, 0.717) is 0 Å². The van der Waals surface area contributed by atoms with Crippen molar-refractivity contribution in [3.8, 4) is 5.75 Å². The minimum absolute atomic E-state index is 0.779. The van der Waals surface area contributed by atoms with Gasteiger partial charge in [0.1, 0.15) is 5.75 Å². The first-order valence-corrected chi connectivity index (χ1v) is 7.47. The summed E-state index contributed by atoms with van der Waals surface area (Å²) in [4.78, 5) is 2.44. The van der Waals surface area contributed by atoms with E-state index >= 15 is 0 Å². The summed E-state index contributed by atoms with van der Waals surface area (Å²) < 4.78 is 11.3. The zero-order valence-electron chi connectivity index (χ0n) is 12.7. The highest BCUT2D eigenvalue weighted by Gasteiger charge is 2.09. The normalized spacial score (nSPS) is 16.3. The molecule has 0 aromatic heterocycles. The SMILES string of the molecule is CNCc1cccc(OCCCN2CCOCC2)c1C. The Labute approximate surface area is 122 Å². The number of benzene rings is 1. The lowest BCUT2D eigenvalue weighted by Gasteiger charge is -2.26. The Morgan fingerprint density at radius 1 is 1.30 bits per heavy atom. The van der Waals surface area contributed by atoms with Crippen LogP contribution in [0.2, 0.25) is 0 Å². The van der Waals surface area contributed by atoms with E-state index in [1.807, 2.05) is 7.05 Å². The summed E-state index contributed by atoms with van der Waals surface area (Å²) in [7, 11) is 1.97. The Hall–Kier alpha value is -1.10. The van der Waals surface area contributed by atoms with Gasteiger partial charge in [0.25, 0.3) is 0 Å². The maximum atomic E-state index is 5.93. The zero-order valence-corrected chi connectivity index (χ0v) is 12.7. The lowest BCUT2D eigenvalue weighted by atomic mass is 10.1. The highest BCUT2D eigenvalue weighted by molar-refractivity contribution is 5.39. The van der Waals surface area contributed by atoms with Crippen molar-refractivity contribution >= 4 is 0 Å². The molecule has 1 N–H and O–H groups in total. The first-order chi connectivity index (χ1) is 9.81. The Kier molecular flexibility index (Phi) is 6.30. The lowest BCUT2D eigenvalue weighted by Crippen LogP contribution is -2.37. The van der Waals surface area contributed by atoms with E-state index in [-0.39, 0.29) is 0 Å². The number of nitrogens with zero attached hydrogens (tertiary/aromatic N) is 1. The van der Waals surface area contributed by atoms with Gasteiger partial charge in [-0.05, 0) is 37.6 Å². The van der Waals surface area contributed by atoms with Crippen LogP contribution in [-0.2, 0) is 11.3 Å². The van der Waals surface area contributed by atoms with E-state index in [4.69, 9.17) is 9.47 Å². The monoisotopic (exact) mass is 278 g/mol. The highest BCUT2D eigenvalue weighted by atomic mass is 16.5. The van der Waals surface area contributed by atoms with E-state index in [9.17, 15) is 0 Å². The molecule has 0 saturated carbocycles. The summed E-state index contributed by atoms with van der Waals surface area (Å²) >= 11 is 0. The van der Waals surface area contributed by atoms with Crippen LogP contribution < -0.4 is 10.1 Å². The first kappa shape index (κ1) is 15.3. The molecule has 0 bridgehead atoms. The maximum absolute atomic E-state index is 5.93. The molecule has 1 heterocycles. The van der Waals surface area contributed by atoms with Crippen LogP contribution in [0.15, 0.2) is 18.2 Å². The minimum atomic E-state index is 0.779. The number of nitrogens with one attached hydrogen (secondary N) is 1. The fourth-order valence-corrected chi connectivity index (χ4v) is 2.49. The minimum Gasteiger partial charge on any atom is -0.493 e.